The number of benzene rings is 1. The van der Waals surface area contributed by atoms with Gasteiger partial charge < -0.3 is 10.7 Å². The summed E-state index contributed by atoms with van der Waals surface area (Å²) < 4.78 is 0. The minimum atomic E-state index is -0.486. The Bertz CT molecular complexity index is 765. The van der Waals surface area contributed by atoms with Crippen molar-refractivity contribution in [1.29, 1.82) is 0 Å². The lowest BCUT2D eigenvalue weighted by molar-refractivity contribution is 0.0996. The molecule has 2 heterocycles. The predicted octanol–water partition coefficient (Wildman–Crippen LogP) is 2.16. The van der Waals surface area contributed by atoms with Crippen molar-refractivity contribution in [2.45, 2.75) is 6.42 Å². The van der Waals surface area contributed by atoms with Crippen LogP contribution < -0.4 is 5.73 Å². The molecule has 1 amide bonds. The number of rotatable bonds is 4. The Morgan fingerprint density at radius 2 is 1.95 bits per heavy atom. The molecule has 1 aromatic carbocycles. The molecule has 0 atom stereocenters. The van der Waals surface area contributed by atoms with Crippen LogP contribution in [0.2, 0.25) is 0 Å². The van der Waals surface area contributed by atoms with E-state index in [0.29, 0.717) is 5.69 Å². The lowest BCUT2D eigenvalue weighted by atomic mass is 10.1. The number of hydrogen-bond donors (Lipinski definition) is 2. The molecule has 0 aliphatic carbocycles. The van der Waals surface area contributed by atoms with E-state index in [1.54, 1.807) is 12.3 Å². The molecule has 21 heavy (non-hydrogen) atoms. The molecule has 0 unspecified atom stereocenters. The maximum atomic E-state index is 11.1. The highest BCUT2D eigenvalue weighted by molar-refractivity contribution is 5.92. The highest BCUT2D eigenvalue weighted by Crippen LogP contribution is 2.19. The first-order chi connectivity index (χ1) is 10.2. The van der Waals surface area contributed by atoms with Gasteiger partial charge in [0.25, 0.3) is 5.91 Å². The van der Waals surface area contributed by atoms with Crippen molar-refractivity contribution in [3.05, 3.63) is 71.9 Å². The van der Waals surface area contributed by atoms with Gasteiger partial charge in [-0.2, -0.15) is 0 Å². The van der Waals surface area contributed by atoms with E-state index in [0.717, 1.165) is 23.4 Å². The SMILES string of the molecule is NC(=O)c1cc(-c2cc(Cc3ccccc3)ncn2)c[nH]1. The number of aromatic nitrogens is 3. The van der Waals surface area contributed by atoms with E-state index in [1.165, 1.54) is 11.9 Å². The fraction of sp³-hybridized carbons (Fsp3) is 0.0625. The van der Waals surface area contributed by atoms with Gasteiger partial charge in [-0.1, -0.05) is 30.3 Å². The smallest absolute Gasteiger partial charge is 0.265 e. The molecule has 0 saturated heterocycles. The maximum absolute atomic E-state index is 11.1. The van der Waals surface area contributed by atoms with Gasteiger partial charge in [0, 0.05) is 23.9 Å². The molecule has 3 aromatic rings. The van der Waals surface area contributed by atoms with Crippen LogP contribution in [-0.2, 0) is 6.42 Å². The van der Waals surface area contributed by atoms with E-state index in [2.05, 4.69) is 27.1 Å². The second-order valence-corrected chi connectivity index (χ2v) is 4.72. The maximum Gasteiger partial charge on any atom is 0.265 e. The van der Waals surface area contributed by atoms with Gasteiger partial charge in [0.2, 0.25) is 0 Å². The lowest BCUT2D eigenvalue weighted by Crippen LogP contribution is -2.10. The van der Waals surface area contributed by atoms with Crippen LogP contribution in [0.1, 0.15) is 21.7 Å². The number of nitrogens with zero attached hydrogens (tertiary/aromatic N) is 2. The topological polar surface area (TPSA) is 84.7 Å². The standard InChI is InChI=1S/C16H14N4O/c17-16(21)15-7-12(9-18-15)14-8-13(19-10-20-14)6-11-4-2-1-3-5-11/h1-5,7-10,18H,6H2,(H2,17,21). The number of hydrogen-bond acceptors (Lipinski definition) is 3. The molecule has 0 aliphatic heterocycles. The summed E-state index contributed by atoms with van der Waals surface area (Å²) in [5.74, 6) is -0.486. The lowest BCUT2D eigenvalue weighted by Gasteiger charge is -2.02. The quantitative estimate of drug-likeness (QED) is 0.767. The fourth-order valence-electron chi connectivity index (χ4n) is 2.14. The van der Waals surface area contributed by atoms with Crippen LogP contribution in [-0.4, -0.2) is 20.9 Å². The van der Waals surface area contributed by atoms with Gasteiger partial charge >= 0.3 is 0 Å². The Morgan fingerprint density at radius 1 is 1.14 bits per heavy atom. The predicted molar refractivity (Wildman–Crippen MR) is 79.6 cm³/mol. The van der Waals surface area contributed by atoms with Gasteiger partial charge in [0.15, 0.2) is 0 Å². The van der Waals surface area contributed by atoms with Crippen molar-refractivity contribution in [3.8, 4) is 11.3 Å². The third-order valence-corrected chi connectivity index (χ3v) is 3.20. The van der Waals surface area contributed by atoms with Gasteiger partial charge in [0.05, 0.1) is 5.69 Å². The zero-order valence-corrected chi connectivity index (χ0v) is 11.3. The number of H-pyrrole nitrogens is 1. The molecule has 0 aliphatic rings. The Kier molecular flexibility index (Phi) is 3.47. The second kappa shape index (κ2) is 5.58. The number of nitrogens with one attached hydrogen (secondary N) is 1. The van der Waals surface area contributed by atoms with Crippen LogP contribution >= 0.6 is 0 Å². The molecule has 3 rings (SSSR count). The average molecular weight is 278 g/mol. The Morgan fingerprint density at radius 3 is 2.67 bits per heavy atom. The Labute approximate surface area is 121 Å². The third-order valence-electron chi connectivity index (χ3n) is 3.20. The number of carbonyl (C=O) groups is 1. The van der Waals surface area contributed by atoms with Gasteiger partial charge in [-0.15, -0.1) is 0 Å². The summed E-state index contributed by atoms with van der Waals surface area (Å²) in [5.41, 5.74) is 9.30. The van der Waals surface area contributed by atoms with E-state index in [4.69, 9.17) is 5.73 Å². The van der Waals surface area contributed by atoms with Gasteiger partial charge in [0.1, 0.15) is 12.0 Å². The largest absolute Gasteiger partial charge is 0.364 e. The Hall–Kier alpha value is -2.95. The molecule has 0 fully saturated rings. The molecule has 5 heteroatoms. The average Bonchev–Trinajstić information content (AvgIpc) is 2.99. The van der Waals surface area contributed by atoms with Crippen LogP contribution in [0, 0.1) is 0 Å². The molecule has 0 saturated carbocycles. The molecule has 5 nitrogen and oxygen atoms in total. The minimum Gasteiger partial charge on any atom is -0.364 e. The van der Waals surface area contributed by atoms with Crippen molar-refractivity contribution in [3.63, 3.8) is 0 Å². The molecular weight excluding hydrogens is 264 g/mol. The first kappa shape index (κ1) is 13.1. The fourth-order valence-corrected chi connectivity index (χ4v) is 2.14. The van der Waals surface area contributed by atoms with Crippen molar-refractivity contribution >= 4 is 5.91 Å². The van der Waals surface area contributed by atoms with E-state index in [-0.39, 0.29) is 0 Å². The van der Waals surface area contributed by atoms with Gasteiger partial charge in [-0.05, 0) is 17.7 Å². The molecule has 0 radical (unpaired) electrons. The van der Waals surface area contributed by atoms with Crippen molar-refractivity contribution in [2.24, 2.45) is 5.73 Å². The number of carbonyl (C=O) groups excluding carboxylic acids is 1. The highest BCUT2D eigenvalue weighted by Gasteiger charge is 2.08. The first-order valence-corrected chi connectivity index (χ1v) is 6.56. The Balaban J connectivity index is 1.87. The summed E-state index contributed by atoms with van der Waals surface area (Å²) in [5, 5.41) is 0. The third kappa shape index (κ3) is 2.97. The van der Waals surface area contributed by atoms with Gasteiger partial charge in [-0.25, -0.2) is 9.97 Å². The summed E-state index contributed by atoms with van der Waals surface area (Å²) in [6.45, 7) is 0. The van der Waals surface area contributed by atoms with E-state index in [1.807, 2.05) is 24.3 Å². The zero-order valence-electron chi connectivity index (χ0n) is 11.3. The van der Waals surface area contributed by atoms with Gasteiger partial charge in [-0.3, -0.25) is 4.79 Å². The number of nitrogens with two attached hydrogens (primary N) is 1. The molecule has 3 N–H and O–H groups in total. The highest BCUT2D eigenvalue weighted by atomic mass is 16.1. The summed E-state index contributed by atoms with van der Waals surface area (Å²) in [6, 6.07) is 13.7. The number of amides is 1. The molecule has 0 bridgehead atoms. The number of primary amides is 1. The minimum absolute atomic E-state index is 0.369. The molecule has 104 valence electrons. The zero-order chi connectivity index (χ0) is 14.7. The van der Waals surface area contributed by atoms with E-state index in [9.17, 15) is 4.79 Å². The normalized spacial score (nSPS) is 10.5. The first-order valence-electron chi connectivity index (χ1n) is 6.56. The number of aromatic amines is 1. The van der Waals surface area contributed by atoms with Crippen molar-refractivity contribution in [2.75, 3.05) is 0 Å². The van der Waals surface area contributed by atoms with Crippen LogP contribution in [0.3, 0.4) is 0 Å². The molecule has 0 spiro atoms. The van der Waals surface area contributed by atoms with Crippen LogP contribution in [0.5, 0.6) is 0 Å². The molecule has 2 aromatic heterocycles. The van der Waals surface area contributed by atoms with Crippen LogP contribution in [0.15, 0.2) is 55.0 Å². The van der Waals surface area contributed by atoms with E-state index >= 15 is 0 Å². The van der Waals surface area contributed by atoms with Crippen LogP contribution in [0.4, 0.5) is 0 Å². The summed E-state index contributed by atoms with van der Waals surface area (Å²) in [4.78, 5) is 22.5. The monoisotopic (exact) mass is 278 g/mol. The van der Waals surface area contributed by atoms with Crippen molar-refractivity contribution in [1.82, 2.24) is 15.0 Å². The molecular formula is C16H14N4O. The summed E-state index contributed by atoms with van der Waals surface area (Å²) in [7, 11) is 0. The van der Waals surface area contributed by atoms with Crippen LogP contribution in [0.25, 0.3) is 11.3 Å². The summed E-state index contributed by atoms with van der Waals surface area (Å²) in [6.07, 6.45) is 3.99. The van der Waals surface area contributed by atoms with E-state index < -0.39 is 5.91 Å². The second-order valence-electron chi connectivity index (χ2n) is 4.72. The summed E-state index contributed by atoms with van der Waals surface area (Å²) >= 11 is 0. The van der Waals surface area contributed by atoms with Crippen molar-refractivity contribution < 1.29 is 4.79 Å².